The number of fused-ring (bicyclic) bond motifs is 8. The van der Waals surface area contributed by atoms with Crippen molar-refractivity contribution in [1.82, 2.24) is 97.3 Å². The number of nitrogens with two attached hydrogens (primary N) is 4. The number of hydrogen-bond acceptors (Lipinski definition) is 24. The van der Waals surface area contributed by atoms with Crippen molar-refractivity contribution in [1.29, 1.82) is 0 Å². The lowest BCUT2D eigenvalue weighted by molar-refractivity contribution is 0.253. The lowest BCUT2D eigenvalue weighted by atomic mass is 10.0. The van der Waals surface area contributed by atoms with Crippen molar-refractivity contribution in [3.05, 3.63) is 298 Å². The summed E-state index contributed by atoms with van der Waals surface area (Å²) >= 11 is 0. The number of benzene rings is 7. The second-order valence-electron chi connectivity index (χ2n) is 34.0. The molecule has 670 valence electrons. The second-order valence-corrected chi connectivity index (χ2v) is 34.0. The van der Waals surface area contributed by atoms with E-state index in [1.54, 1.807) is 55.3 Å². The Bertz CT molecular complexity index is 8400. The quantitative estimate of drug-likeness (QED) is 0.0442. The van der Waals surface area contributed by atoms with Gasteiger partial charge in [-0.1, -0.05) is 122 Å². The Morgan fingerprint density at radius 2 is 0.739 bits per heavy atom. The number of aryl methyl sites for hydroxylation is 5. The number of aromatic nitrogens is 20. The molecule has 0 radical (unpaired) electrons. The van der Waals surface area contributed by atoms with Crippen LogP contribution in [0.1, 0.15) is 139 Å². The van der Waals surface area contributed by atoms with Gasteiger partial charge in [0, 0.05) is 58.1 Å². The van der Waals surface area contributed by atoms with Crippen molar-refractivity contribution in [3.8, 4) is 63.4 Å². The van der Waals surface area contributed by atoms with E-state index in [2.05, 4.69) is 97.9 Å². The standard InChI is InChI=1S/C28H26N6O2.C25H21FN6O2.C25H22N6O2.C23H22N6O2/c1-4-19-9-5-6-11-23(19)34-21(14-20-10-7-8-17(2)24(20)28(34)36)15-33-27-25(26(29)30-16-31-27)22(32-33)13-12-18(3)35;1-13-3-2-4-14-8-18(32(17-5-6-17)25(34)20(13)14)11-31-24-21(23(27)28-12-29-24)22(30-31)15-7-16(26)10-19(33)9-15;1-14-4-2-5-15-10-18(31(17-8-9-17)25(33)20(14)15)12-30-24-21(23(26)27-13-28-24)22(29-30)16-6-3-7-19(32)11-16;1-13-4-3-5-15-10-17(29(16-7-8-16)23(31)19(13)15)11-28-22-20(21(24)25-12-26-22)18(27-28)9-6-14(2)30/h5-11,14,16,18,35H,4,15H2,1-3H3,(H2,29,30,31);2-4,7-10,12,17,33H,5-6,11H2,1H3,(H2,27,28,29);2-7,10-11,13,17,32H,8-9,12H2,1H3,(H2,26,27,28);3-5,10,12,14,16,30H,7-8,11H2,1-2H3,(H2,24,25,26)/t18-;;;14-/m1..1/s1. The van der Waals surface area contributed by atoms with Gasteiger partial charge in [0.15, 0.2) is 22.6 Å². The van der Waals surface area contributed by atoms with E-state index < -0.39 is 18.0 Å². The van der Waals surface area contributed by atoms with Crippen LogP contribution in [0.2, 0.25) is 0 Å². The third-order valence-corrected chi connectivity index (χ3v) is 24.3. The number of phenols is 2. The first-order chi connectivity index (χ1) is 64.7. The lowest BCUT2D eigenvalue weighted by Crippen LogP contribution is -2.25. The predicted molar refractivity (Wildman–Crippen MR) is 514 cm³/mol. The Balaban J connectivity index is 0.000000115. The topological polar surface area (TPSA) is 447 Å². The molecule has 3 saturated carbocycles. The maximum Gasteiger partial charge on any atom is 0.263 e. The molecule has 3 aliphatic carbocycles. The molecule has 0 saturated heterocycles. The van der Waals surface area contributed by atoms with E-state index in [-0.39, 0.29) is 82.4 Å². The Morgan fingerprint density at radius 1 is 0.388 bits per heavy atom. The summed E-state index contributed by atoms with van der Waals surface area (Å²) < 4.78 is 28.3. The van der Waals surface area contributed by atoms with E-state index in [1.165, 1.54) is 37.4 Å². The summed E-state index contributed by atoms with van der Waals surface area (Å²) in [7, 11) is 0. The van der Waals surface area contributed by atoms with Gasteiger partial charge in [-0.3, -0.25) is 23.7 Å². The van der Waals surface area contributed by atoms with Crippen LogP contribution in [0.25, 0.3) is 115 Å². The minimum absolute atomic E-state index is 0.00558. The number of nitrogens with zero attached hydrogens (tertiary/aromatic N) is 20. The minimum atomic E-state index is -0.824. The van der Waals surface area contributed by atoms with Crippen molar-refractivity contribution in [2.75, 3.05) is 22.9 Å². The van der Waals surface area contributed by atoms with Gasteiger partial charge in [0.1, 0.15) is 101 Å². The van der Waals surface area contributed by atoms with Gasteiger partial charge in [0.2, 0.25) is 0 Å². The molecule has 19 aromatic rings. The normalized spacial score (nSPS) is 13.4. The molecule has 32 nitrogen and oxygen atoms in total. The van der Waals surface area contributed by atoms with Crippen LogP contribution in [0.5, 0.6) is 11.5 Å². The van der Waals surface area contributed by atoms with Crippen LogP contribution in [-0.2, 0) is 32.6 Å². The Hall–Kier alpha value is -16.7. The second kappa shape index (κ2) is 35.3. The Kier molecular flexibility index (Phi) is 22.9. The van der Waals surface area contributed by atoms with Gasteiger partial charge in [0.05, 0.1) is 75.0 Å². The third-order valence-electron chi connectivity index (χ3n) is 24.3. The monoisotopic (exact) mass is 1790 g/mol. The van der Waals surface area contributed by atoms with Gasteiger partial charge in [-0.05, 0) is 202 Å². The van der Waals surface area contributed by atoms with Crippen molar-refractivity contribution in [2.45, 2.75) is 150 Å². The number of aliphatic hydroxyl groups excluding tert-OH is 2. The number of aliphatic hydroxyl groups is 2. The summed E-state index contributed by atoms with van der Waals surface area (Å²) in [5.41, 5.74) is 38.5. The zero-order valence-corrected chi connectivity index (χ0v) is 74.1. The van der Waals surface area contributed by atoms with Gasteiger partial charge in [-0.25, -0.2) is 63.0 Å². The molecule has 33 heteroatoms. The highest BCUT2D eigenvalue weighted by molar-refractivity contribution is 6.00. The lowest BCUT2D eigenvalue weighted by Gasteiger charge is -2.18. The molecule has 3 fully saturated rings. The van der Waals surface area contributed by atoms with Crippen molar-refractivity contribution in [2.24, 2.45) is 0 Å². The number of halogens is 1. The maximum atomic E-state index is 14.0. The number of anilines is 4. The predicted octanol–water partition coefficient (Wildman–Crippen LogP) is 13.2. The van der Waals surface area contributed by atoms with E-state index in [9.17, 15) is 44.0 Å². The molecule has 2 atom stereocenters. The van der Waals surface area contributed by atoms with Crippen molar-refractivity contribution >= 4 is 110 Å². The molecule has 134 heavy (non-hydrogen) atoms. The third kappa shape index (κ3) is 16.6. The average Bonchev–Trinajstić information content (AvgIpc) is 1.15. The molecular weight excluding hydrogens is 1700 g/mol. The summed E-state index contributed by atoms with van der Waals surface area (Å²) in [4.78, 5) is 88.3. The number of rotatable bonds is 15. The molecular formula is C101H91FN24O8. The summed E-state index contributed by atoms with van der Waals surface area (Å²) in [6.07, 6.45) is 10.6. The maximum absolute atomic E-state index is 14.0. The van der Waals surface area contributed by atoms with Crippen LogP contribution < -0.4 is 45.2 Å². The largest absolute Gasteiger partial charge is 0.508 e. The Labute approximate surface area is 763 Å². The molecule has 0 amide bonds. The van der Waals surface area contributed by atoms with E-state index in [4.69, 9.17) is 28.0 Å². The van der Waals surface area contributed by atoms with Crippen molar-refractivity contribution in [3.63, 3.8) is 0 Å². The number of para-hydroxylation sites is 1. The molecule has 0 aliphatic heterocycles. The first-order valence-corrected chi connectivity index (χ1v) is 43.9. The van der Waals surface area contributed by atoms with E-state index in [0.717, 1.165) is 145 Å². The van der Waals surface area contributed by atoms with Crippen LogP contribution in [0.3, 0.4) is 0 Å². The number of phenolic OH excluding ortho intramolecular Hbond substituents is 2. The zero-order chi connectivity index (χ0) is 93.3. The fraction of sp³-hybridized carbons (Fsp3) is 0.228. The molecule has 7 aromatic carbocycles. The number of hydrogen-bond donors (Lipinski definition) is 8. The van der Waals surface area contributed by atoms with E-state index in [1.807, 2.05) is 157 Å². The average molecular weight is 1790 g/mol. The molecule has 12 N–H and O–H groups in total. The molecule has 0 unspecified atom stereocenters. The number of pyridine rings is 4. The number of nitrogen functional groups attached to an aromatic ring is 4. The van der Waals surface area contributed by atoms with Crippen molar-refractivity contribution < 1.29 is 24.8 Å². The molecule has 0 bridgehead atoms. The highest BCUT2D eigenvalue weighted by Gasteiger charge is 2.33. The summed E-state index contributed by atoms with van der Waals surface area (Å²) in [5, 5.41) is 66.5. The Morgan fingerprint density at radius 3 is 1.13 bits per heavy atom. The molecule has 0 spiro atoms. The first kappa shape index (κ1) is 86.7. The SMILES string of the molecule is CCc1ccccc1-n1c(Cn2nc(C#C[C@@H](C)O)c3c(N)ncnc32)cc2cccc(C)c2c1=O.Cc1cccc2cc(Cn3nc(-c4cc(O)cc(F)c4)c4c(N)ncnc43)n(C3CC3)c(=O)c12.Cc1cccc2cc(Cn3nc(-c4cccc(O)c4)c4c(N)ncnc43)n(C3CC3)c(=O)c12.Cc1cccc2cc(Cn3nc(C#C[C@@H](C)O)c4c(N)ncnc43)n(C3CC3)c(=O)c12. The number of aromatic hydroxyl groups is 2. The van der Waals surface area contributed by atoms with E-state index in [0.29, 0.717) is 102 Å². The first-order valence-electron chi connectivity index (χ1n) is 43.9. The summed E-state index contributed by atoms with van der Waals surface area (Å²) in [6.45, 7) is 14.3. The fourth-order valence-electron chi connectivity index (χ4n) is 17.8. The highest BCUT2D eigenvalue weighted by atomic mass is 19.1. The van der Waals surface area contributed by atoms with Gasteiger partial charge >= 0.3 is 0 Å². The van der Waals surface area contributed by atoms with Gasteiger partial charge in [-0.15, -0.1) is 0 Å². The highest BCUT2D eigenvalue weighted by Crippen LogP contribution is 2.42. The zero-order valence-electron chi connectivity index (χ0n) is 74.1. The van der Waals surface area contributed by atoms with Crippen LogP contribution in [-0.4, -0.2) is 130 Å². The fourth-order valence-corrected chi connectivity index (χ4v) is 17.8. The van der Waals surface area contributed by atoms with Gasteiger partial charge in [0.25, 0.3) is 22.2 Å². The van der Waals surface area contributed by atoms with Crippen LogP contribution >= 0.6 is 0 Å². The summed E-state index contributed by atoms with van der Waals surface area (Å²) in [5.74, 6) is 11.5. The molecule has 12 heterocycles. The van der Waals surface area contributed by atoms with Gasteiger partial charge < -0.3 is 57.1 Å². The van der Waals surface area contributed by atoms with E-state index >= 15 is 0 Å². The van der Waals surface area contributed by atoms with Crippen LogP contribution in [0.15, 0.2) is 208 Å². The van der Waals surface area contributed by atoms with Gasteiger partial charge in [-0.2, -0.15) is 20.4 Å². The summed E-state index contributed by atoms with van der Waals surface area (Å²) in [6, 6.07) is 50.7. The minimum Gasteiger partial charge on any atom is -0.508 e. The van der Waals surface area contributed by atoms with Crippen LogP contribution in [0, 0.1) is 57.2 Å². The smallest absolute Gasteiger partial charge is 0.263 e. The molecule has 3 aliphatic rings. The van der Waals surface area contributed by atoms with Crippen LogP contribution in [0.4, 0.5) is 27.7 Å². The molecule has 12 aromatic heterocycles. The molecule has 22 rings (SSSR count).